The summed E-state index contributed by atoms with van der Waals surface area (Å²) in [5.41, 5.74) is 0.911. The number of nitrogens with one attached hydrogen (secondary N) is 1. The minimum atomic E-state index is -0.195. The van der Waals surface area contributed by atoms with E-state index in [1.54, 1.807) is 18.1 Å². The molecule has 1 atom stereocenters. The second-order valence-electron chi connectivity index (χ2n) is 5.70. The van der Waals surface area contributed by atoms with Crippen LogP contribution in [0.5, 0.6) is 0 Å². The number of rotatable bonds is 3. The summed E-state index contributed by atoms with van der Waals surface area (Å²) in [7, 11) is 3.62. The minimum Gasteiger partial charge on any atom is -0.354 e. The number of aryl methyl sites for hydroxylation is 2. The average molecular weight is 314 g/mol. The van der Waals surface area contributed by atoms with Crippen LogP contribution in [-0.2, 0) is 7.05 Å². The first-order valence-corrected chi connectivity index (χ1v) is 7.12. The van der Waals surface area contributed by atoms with E-state index in [4.69, 9.17) is 0 Å². The molecule has 0 aliphatic carbocycles. The minimum absolute atomic E-state index is 0. The molecule has 1 aromatic heterocycles. The van der Waals surface area contributed by atoms with Crippen molar-refractivity contribution in [2.24, 2.45) is 13.0 Å². The third kappa shape index (κ3) is 4.32. The summed E-state index contributed by atoms with van der Waals surface area (Å²) < 4.78 is 1.81. The fraction of sp³-hybridized carbons (Fsp3) is 0.600. The lowest BCUT2D eigenvalue weighted by Gasteiger charge is -2.27. The summed E-state index contributed by atoms with van der Waals surface area (Å²) in [5, 5.41) is 3.34. The molecule has 1 aliphatic heterocycles. The lowest BCUT2D eigenvalue weighted by molar-refractivity contribution is 0.0762. The van der Waals surface area contributed by atoms with Gasteiger partial charge in [0.1, 0.15) is 5.56 Å². The van der Waals surface area contributed by atoms with Crippen LogP contribution in [0.4, 0.5) is 0 Å². The van der Waals surface area contributed by atoms with E-state index in [9.17, 15) is 9.59 Å². The molecule has 1 fully saturated rings. The van der Waals surface area contributed by atoms with Gasteiger partial charge < -0.3 is 14.8 Å². The van der Waals surface area contributed by atoms with Crippen molar-refractivity contribution in [1.29, 1.82) is 0 Å². The first-order chi connectivity index (χ1) is 9.49. The van der Waals surface area contributed by atoms with Gasteiger partial charge in [-0.1, -0.05) is 0 Å². The highest BCUT2D eigenvalue weighted by molar-refractivity contribution is 5.93. The van der Waals surface area contributed by atoms with Gasteiger partial charge in [-0.2, -0.15) is 0 Å². The molecule has 5 nitrogen and oxygen atoms in total. The number of hydrogen-bond donors (Lipinski definition) is 1. The topological polar surface area (TPSA) is 54.3 Å². The second-order valence-corrected chi connectivity index (χ2v) is 5.70. The highest BCUT2D eigenvalue weighted by Gasteiger charge is 2.20. The van der Waals surface area contributed by atoms with Crippen molar-refractivity contribution < 1.29 is 4.79 Å². The normalized spacial score (nSPS) is 18.0. The van der Waals surface area contributed by atoms with Crippen molar-refractivity contribution in [3.8, 4) is 0 Å². The van der Waals surface area contributed by atoms with Crippen LogP contribution in [0, 0.1) is 12.8 Å². The predicted molar refractivity (Wildman–Crippen MR) is 86.2 cm³/mol. The van der Waals surface area contributed by atoms with Gasteiger partial charge in [-0.15, -0.1) is 12.4 Å². The van der Waals surface area contributed by atoms with Gasteiger partial charge in [-0.25, -0.2) is 0 Å². The number of piperidine rings is 1. The van der Waals surface area contributed by atoms with E-state index in [0.717, 1.165) is 31.6 Å². The molecular formula is C15H24ClN3O2. The van der Waals surface area contributed by atoms with Gasteiger partial charge in [0.2, 0.25) is 0 Å². The number of amides is 1. The molecule has 0 saturated carbocycles. The predicted octanol–water partition coefficient (Wildman–Crippen LogP) is 1.19. The van der Waals surface area contributed by atoms with Gasteiger partial charge in [-0.3, -0.25) is 9.59 Å². The Morgan fingerprint density at radius 2 is 2.24 bits per heavy atom. The Bertz CT molecular complexity index is 550. The van der Waals surface area contributed by atoms with Crippen LogP contribution >= 0.6 is 12.4 Å². The van der Waals surface area contributed by atoms with Crippen molar-refractivity contribution in [2.75, 3.05) is 26.7 Å². The summed E-state index contributed by atoms with van der Waals surface area (Å²) in [4.78, 5) is 26.0. The summed E-state index contributed by atoms with van der Waals surface area (Å²) in [6.45, 7) is 4.56. The number of pyridine rings is 1. The molecule has 21 heavy (non-hydrogen) atoms. The molecule has 1 aliphatic rings. The molecule has 1 saturated heterocycles. The zero-order chi connectivity index (χ0) is 14.7. The van der Waals surface area contributed by atoms with Gasteiger partial charge in [0.15, 0.2) is 5.43 Å². The van der Waals surface area contributed by atoms with E-state index in [1.807, 2.05) is 18.5 Å². The van der Waals surface area contributed by atoms with Gasteiger partial charge in [0.05, 0.1) is 0 Å². The quantitative estimate of drug-likeness (QED) is 0.912. The zero-order valence-corrected chi connectivity index (χ0v) is 13.7. The Kier molecular flexibility index (Phi) is 6.42. The van der Waals surface area contributed by atoms with Gasteiger partial charge in [0.25, 0.3) is 5.91 Å². The van der Waals surface area contributed by atoms with E-state index in [2.05, 4.69) is 5.32 Å². The Morgan fingerprint density at radius 3 is 2.86 bits per heavy atom. The number of halogens is 1. The summed E-state index contributed by atoms with van der Waals surface area (Å²) >= 11 is 0. The second kappa shape index (κ2) is 7.61. The SMILES string of the molecule is Cc1cc(=O)c(C(=O)N(C)CC2CCCNC2)cn1C.Cl. The van der Waals surface area contributed by atoms with E-state index in [1.165, 1.54) is 6.07 Å². The summed E-state index contributed by atoms with van der Waals surface area (Å²) in [6, 6.07) is 1.52. The van der Waals surface area contributed by atoms with Gasteiger partial charge in [0, 0.05) is 38.6 Å². The maximum Gasteiger partial charge on any atom is 0.259 e. The van der Waals surface area contributed by atoms with Gasteiger partial charge in [-0.05, 0) is 38.8 Å². The first-order valence-electron chi connectivity index (χ1n) is 7.12. The molecule has 0 spiro atoms. The molecule has 118 valence electrons. The molecule has 2 rings (SSSR count). The Labute approximate surface area is 131 Å². The van der Waals surface area contributed by atoms with Crippen LogP contribution in [-0.4, -0.2) is 42.1 Å². The Hall–Kier alpha value is -1.33. The Balaban J connectivity index is 0.00000220. The molecule has 1 aromatic rings. The van der Waals surface area contributed by atoms with Crippen molar-refractivity contribution in [3.05, 3.63) is 33.7 Å². The van der Waals surface area contributed by atoms with Crippen molar-refractivity contribution in [3.63, 3.8) is 0 Å². The van der Waals surface area contributed by atoms with Crippen LogP contribution < -0.4 is 10.7 Å². The molecule has 0 aromatic carbocycles. The Morgan fingerprint density at radius 1 is 1.52 bits per heavy atom. The number of carbonyl (C=O) groups is 1. The zero-order valence-electron chi connectivity index (χ0n) is 12.9. The van der Waals surface area contributed by atoms with Crippen molar-refractivity contribution in [2.45, 2.75) is 19.8 Å². The highest BCUT2D eigenvalue weighted by Crippen LogP contribution is 2.12. The molecule has 2 heterocycles. The van der Waals surface area contributed by atoms with Crippen LogP contribution in [0.25, 0.3) is 0 Å². The number of hydrogen-bond acceptors (Lipinski definition) is 3. The molecule has 1 amide bonds. The molecule has 6 heteroatoms. The van der Waals surface area contributed by atoms with E-state index in [-0.39, 0.29) is 29.3 Å². The standard InChI is InChI=1S/C15H23N3O2.ClH/c1-11-7-14(19)13(10-17(11)2)15(20)18(3)9-12-5-4-6-16-8-12;/h7,10,12,16H,4-6,8-9H2,1-3H3;1H. The fourth-order valence-electron chi connectivity index (χ4n) is 2.64. The summed E-state index contributed by atoms with van der Waals surface area (Å²) in [5.74, 6) is 0.295. The fourth-order valence-corrected chi connectivity index (χ4v) is 2.64. The maximum absolute atomic E-state index is 12.4. The van der Waals surface area contributed by atoms with Gasteiger partial charge >= 0.3 is 0 Å². The molecule has 1 unspecified atom stereocenters. The van der Waals surface area contributed by atoms with E-state index >= 15 is 0 Å². The smallest absolute Gasteiger partial charge is 0.259 e. The van der Waals surface area contributed by atoms with E-state index in [0.29, 0.717) is 12.5 Å². The molecule has 0 bridgehead atoms. The number of carbonyl (C=O) groups excluding carboxylic acids is 1. The third-order valence-corrected chi connectivity index (χ3v) is 3.99. The van der Waals surface area contributed by atoms with Crippen LogP contribution in [0.2, 0.25) is 0 Å². The monoisotopic (exact) mass is 313 g/mol. The molecule has 0 radical (unpaired) electrons. The lowest BCUT2D eigenvalue weighted by Crippen LogP contribution is -2.40. The highest BCUT2D eigenvalue weighted by atomic mass is 35.5. The number of aromatic nitrogens is 1. The van der Waals surface area contributed by atoms with E-state index < -0.39 is 0 Å². The largest absolute Gasteiger partial charge is 0.354 e. The summed E-state index contributed by atoms with van der Waals surface area (Å²) in [6.07, 6.45) is 3.92. The van der Waals surface area contributed by atoms with Crippen molar-refractivity contribution >= 4 is 18.3 Å². The van der Waals surface area contributed by atoms with Crippen LogP contribution in [0.3, 0.4) is 0 Å². The first kappa shape index (κ1) is 17.7. The average Bonchev–Trinajstić information content (AvgIpc) is 2.43. The molecular weight excluding hydrogens is 290 g/mol. The van der Waals surface area contributed by atoms with Crippen molar-refractivity contribution in [1.82, 2.24) is 14.8 Å². The van der Waals surface area contributed by atoms with Crippen LogP contribution in [0.15, 0.2) is 17.1 Å². The third-order valence-electron chi connectivity index (χ3n) is 3.99. The number of nitrogens with zero attached hydrogens (tertiary/aromatic N) is 2. The molecule has 1 N–H and O–H groups in total. The lowest BCUT2D eigenvalue weighted by atomic mass is 9.99. The van der Waals surface area contributed by atoms with Crippen LogP contribution in [0.1, 0.15) is 28.9 Å². The maximum atomic E-state index is 12.4.